The van der Waals surface area contributed by atoms with Gasteiger partial charge < -0.3 is 77.9 Å². The van der Waals surface area contributed by atoms with E-state index in [1.807, 2.05) is 177 Å². The normalized spacial score (nSPS) is 22.4. The molecule has 4 N–H and O–H groups in total. The van der Waals surface area contributed by atoms with E-state index < -0.39 is 36.6 Å². The van der Waals surface area contributed by atoms with Crippen LogP contribution in [0.15, 0.2) is 188 Å². The first-order valence-electron chi connectivity index (χ1n) is 34.8. The van der Waals surface area contributed by atoms with Crippen molar-refractivity contribution >= 4 is 87.3 Å². The van der Waals surface area contributed by atoms with E-state index in [0.717, 1.165) is 62.4 Å². The molecule has 24 heteroatoms. The molecule has 4 saturated heterocycles. The predicted molar refractivity (Wildman–Crippen MR) is 400 cm³/mol. The fraction of sp³-hybridized carbons (Fsp3) is 0.350. The molecule has 4 fully saturated rings. The third-order valence-corrected chi connectivity index (χ3v) is 21.3. The van der Waals surface area contributed by atoms with E-state index in [1.165, 1.54) is 0 Å². The van der Waals surface area contributed by atoms with Crippen molar-refractivity contribution in [3.05, 3.63) is 255 Å². The molecule has 8 aromatic carbocycles. The van der Waals surface area contributed by atoms with E-state index in [1.54, 1.807) is 12.1 Å². The highest BCUT2D eigenvalue weighted by atomic mass is 79.9. The van der Waals surface area contributed by atoms with E-state index in [0.29, 0.717) is 163 Å². The van der Waals surface area contributed by atoms with Gasteiger partial charge in [0.25, 0.3) is 23.6 Å². The Kier molecular flexibility index (Phi) is 25.0. The van der Waals surface area contributed by atoms with Gasteiger partial charge in [-0.05, 0) is 117 Å². The molecule has 0 spiro atoms. The molecule has 8 heterocycles. The van der Waals surface area contributed by atoms with E-state index in [2.05, 4.69) is 63.7 Å². The highest BCUT2D eigenvalue weighted by molar-refractivity contribution is 9.11. The third-order valence-electron chi connectivity index (χ3n) is 19.2. The van der Waals surface area contributed by atoms with Crippen LogP contribution in [0.5, 0.6) is 23.0 Å². The van der Waals surface area contributed by atoms with Crippen molar-refractivity contribution in [1.29, 1.82) is 0 Å². The number of hydrogen-bond donors (Lipinski definition) is 4. The highest BCUT2D eigenvalue weighted by Crippen LogP contribution is 2.39. The summed E-state index contributed by atoms with van der Waals surface area (Å²) < 4.78 is 49.3. The van der Waals surface area contributed by atoms with Crippen molar-refractivity contribution in [2.75, 3.05) is 52.9 Å². The fourth-order valence-electron chi connectivity index (χ4n) is 13.7. The SMILES string of the molecule is O=C1c2c(cccc2O[C@@H]2CCOC[C@H]2O)CN1Cc1ccc(Br)cc1.O=C1c2c(cccc2O[C@@H]2COCC[C@H]2O)CN1Cc1ccc(Br)cc1.O=C1c2c(cccc2O[C@H]2CCOC[C@@H]2O)CN1Cc1ccc(Br)cc1.O=C1c2c(cccc2O[C@H]2COCC[C@@H]2O)CN1Cc1ccc(Br)cc1. The number of benzene rings is 8. The number of fused-ring (bicyclic) bond motifs is 4. The molecule has 8 aromatic rings. The molecule has 0 aromatic heterocycles. The molecule has 20 nitrogen and oxygen atoms in total. The average Bonchev–Trinajstić information content (AvgIpc) is 1.65. The first kappa shape index (κ1) is 74.7. The second kappa shape index (κ2) is 34.8. The Morgan fingerprint density at radius 1 is 0.308 bits per heavy atom. The molecule has 0 saturated carbocycles. The van der Waals surface area contributed by atoms with Gasteiger partial charge in [-0.15, -0.1) is 0 Å². The minimum atomic E-state index is -0.671. The van der Waals surface area contributed by atoms with Gasteiger partial charge in [-0.1, -0.05) is 161 Å². The van der Waals surface area contributed by atoms with Crippen LogP contribution in [0.1, 0.15) is 112 Å². The number of ether oxygens (including phenoxy) is 8. The Morgan fingerprint density at radius 2 is 0.548 bits per heavy atom. The highest BCUT2D eigenvalue weighted by Gasteiger charge is 2.38. The second-order valence-electron chi connectivity index (χ2n) is 26.7. The summed E-state index contributed by atoms with van der Waals surface area (Å²) in [6.45, 7) is 7.86. The van der Waals surface area contributed by atoms with Crippen LogP contribution in [0, 0.1) is 0 Å². The molecular formula is C80H80Br4N4O16. The zero-order valence-corrected chi connectivity index (χ0v) is 63.3. The lowest BCUT2D eigenvalue weighted by molar-refractivity contribution is -0.0752. The van der Waals surface area contributed by atoms with Gasteiger partial charge in [0.2, 0.25) is 0 Å². The molecule has 0 radical (unpaired) electrons. The predicted octanol–water partition coefficient (Wildman–Crippen LogP) is 12.5. The zero-order chi connectivity index (χ0) is 72.4. The third kappa shape index (κ3) is 18.3. The standard InChI is InChI=1S/4C20H20BrNO4/c2*21-15-6-4-13(5-7-15)10-22-11-14-2-1-3-18(19(14)20(22)24)26-17-8-9-25-12-16(17)23;2*21-15-6-4-13(5-7-15)10-22-11-14-2-1-3-17(19(14)20(22)24)26-18-12-25-9-8-16(18)23/h2*1-7,16-17,23H,8-12H2;2*1-7,16,18,23H,8-12H2/t2*16-,17-;2*16-,18-/m1010/s1. The Morgan fingerprint density at radius 3 is 0.798 bits per heavy atom. The molecule has 8 aliphatic heterocycles. The Bertz CT molecular complexity index is 3780. The van der Waals surface area contributed by atoms with Crippen LogP contribution < -0.4 is 18.9 Å². The van der Waals surface area contributed by atoms with Crippen LogP contribution in [-0.2, 0) is 71.3 Å². The number of rotatable bonds is 16. The summed E-state index contributed by atoms with van der Waals surface area (Å²) in [6, 6.07) is 54.5. The minimum Gasteiger partial charge on any atom is -0.487 e. The van der Waals surface area contributed by atoms with Crippen molar-refractivity contribution in [2.24, 2.45) is 0 Å². The molecule has 4 amide bonds. The molecule has 0 bridgehead atoms. The van der Waals surface area contributed by atoms with Crippen molar-refractivity contribution in [3.8, 4) is 23.0 Å². The first-order valence-corrected chi connectivity index (χ1v) is 38.0. The summed E-state index contributed by atoms with van der Waals surface area (Å²) in [7, 11) is 0. The van der Waals surface area contributed by atoms with Gasteiger partial charge in [-0.25, -0.2) is 0 Å². The summed E-state index contributed by atoms with van der Waals surface area (Å²) in [4.78, 5) is 59.1. The van der Waals surface area contributed by atoms with Crippen LogP contribution in [0.2, 0.25) is 0 Å². The van der Waals surface area contributed by atoms with E-state index in [9.17, 15) is 39.6 Å². The molecule has 104 heavy (non-hydrogen) atoms. The van der Waals surface area contributed by atoms with Gasteiger partial charge >= 0.3 is 0 Å². The lowest BCUT2D eigenvalue weighted by Gasteiger charge is -2.28. The summed E-state index contributed by atoms with van der Waals surface area (Å²) >= 11 is 13.7. The maximum Gasteiger partial charge on any atom is 0.258 e. The molecule has 8 aliphatic rings. The zero-order valence-electron chi connectivity index (χ0n) is 56.9. The molecule has 16 rings (SSSR count). The molecular weight excluding hydrogens is 1590 g/mol. The number of nitrogens with zero attached hydrogens (tertiary/aromatic N) is 4. The largest absolute Gasteiger partial charge is 0.487 e. The number of aliphatic hydroxyl groups is 4. The fourth-order valence-corrected chi connectivity index (χ4v) is 14.7. The minimum absolute atomic E-state index is 0.0277. The lowest BCUT2D eigenvalue weighted by Crippen LogP contribution is -2.41. The van der Waals surface area contributed by atoms with Crippen LogP contribution in [-0.4, -0.2) is 165 Å². The topological polar surface area (TPSA) is 236 Å². The summed E-state index contributed by atoms with van der Waals surface area (Å²) in [5.74, 6) is 2.03. The van der Waals surface area contributed by atoms with Gasteiger partial charge in [-0.3, -0.25) is 19.2 Å². The number of aliphatic hydroxyl groups excluding tert-OH is 4. The quantitative estimate of drug-likeness (QED) is 0.0704. The molecule has 8 atom stereocenters. The van der Waals surface area contributed by atoms with E-state index >= 15 is 0 Å². The van der Waals surface area contributed by atoms with Crippen molar-refractivity contribution in [3.63, 3.8) is 0 Å². The summed E-state index contributed by atoms with van der Waals surface area (Å²) in [6.07, 6.45) is -1.75. The Labute approximate surface area is 637 Å². The van der Waals surface area contributed by atoms with Crippen molar-refractivity contribution < 1.29 is 77.5 Å². The Balaban J connectivity index is 0.000000123. The van der Waals surface area contributed by atoms with Gasteiger partial charge in [0.15, 0.2) is 0 Å². The van der Waals surface area contributed by atoms with Gasteiger partial charge in [-0.2, -0.15) is 0 Å². The number of carbonyl (C=O) groups is 4. The van der Waals surface area contributed by atoms with Crippen LogP contribution in [0.3, 0.4) is 0 Å². The average molecular weight is 1670 g/mol. The monoisotopic (exact) mass is 1670 g/mol. The number of carbonyl (C=O) groups excluding carboxylic acids is 4. The number of hydrogen-bond acceptors (Lipinski definition) is 16. The van der Waals surface area contributed by atoms with Gasteiger partial charge in [0.05, 0.1) is 74.1 Å². The maximum absolute atomic E-state index is 13.0. The number of amides is 4. The molecule has 0 aliphatic carbocycles. The lowest BCUT2D eigenvalue weighted by atomic mass is 10.1. The summed E-state index contributed by atoms with van der Waals surface area (Å²) in [5.41, 5.74) is 10.6. The van der Waals surface area contributed by atoms with E-state index in [-0.39, 0.29) is 49.1 Å². The Hall–Kier alpha value is -7.56. The van der Waals surface area contributed by atoms with Crippen LogP contribution in [0.4, 0.5) is 0 Å². The van der Waals surface area contributed by atoms with E-state index in [4.69, 9.17) is 37.9 Å². The van der Waals surface area contributed by atoms with Crippen LogP contribution >= 0.6 is 63.7 Å². The van der Waals surface area contributed by atoms with Gasteiger partial charge in [0, 0.05) is 109 Å². The van der Waals surface area contributed by atoms with Gasteiger partial charge in [0.1, 0.15) is 59.6 Å². The smallest absolute Gasteiger partial charge is 0.258 e. The second-order valence-corrected chi connectivity index (χ2v) is 30.3. The maximum atomic E-state index is 13.0. The van der Waals surface area contributed by atoms with Crippen molar-refractivity contribution in [2.45, 2.75) is 127 Å². The first-order chi connectivity index (χ1) is 50.5. The summed E-state index contributed by atoms with van der Waals surface area (Å²) in [5, 5.41) is 40.3. The van der Waals surface area contributed by atoms with Crippen molar-refractivity contribution in [1.82, 2.24) is 19.6 Å². The number of halogens is 4. The van der Waals surface area contributed by atoms with Crippen LogP contribution in [0.25, 0.3) is 0 Å². The molecule has 0 unspecified atom stereocenters. The molecule has 544 valence electrons.